The van der Waals surface area contributed by atoms with E-state index < -0.39 is 5.97 Å². The van der Waals surface area contributed by atoms with E-state index in [2.05, 4.69) is 23.4 Å². The summed E-state index contributed by atoms with van der Waals surface area (Å²) in [5.41, 5.74) is 2.65. The third kappa shape index (κ3) is 2.96. The fraction of sp³-hybridized carbons (Fsp3) is 0.250. The SMILES string of the molecule is Cc1c(N=Cc2ccn(C(C)C)c2)cccc1C(=O)O. The molecule has 0 aliphatic carbocycles. The molecule has 4 nitrogen and oxygen atoms in total. The number of hydrogen-bond donors (Lipinski definition) is 1. The molecule has 1 N–H and O–H groups in total. The number of hydrogen-bond acceptors (Lipinski definition) is 2. The first-order chi connectivity index (χ1) is 9.49. The van der Waals surface area contributed by atoms with Crippen LogP contribution in [0.2, 0.25) is 0 Å². The lowest BCUT2D eigenvalue weighted by atomic mass is 10.1. The molecule has 0 fully saturated rings. The molecule has 0 amide bonds. The number of carbonyl (C=O) groups is 1. The average molecular weight is 270 g/mol. The van der Waals surface area contributed by atoms with Gasteiger partial charge >= 0.3 is 5.97 Å². The van der Waals surface area contributed by atoms with E-state index in [-0.39, 0.29) is 0 Å². The van der Waals surface area contributed by atoms with Gasteiger partial charge in [-0.25, -0.2) is 4.79 Å². The standard InChI is InChI=1S/C16H18N2O2/c1-11(2)18-8-7-13(10-18)9-17-15-6-4-5-14(12(15)3)16(19)20/h4-11H,1-3H3,(H,19,20). The minimum Gasteiger partial charge on any atom is -0.478 e. The first kappa shape index (κ1) is 14.1. The van der Waals surface area contributed by atoms with Gasteiger partial charge in [-0.2, -0.15) is 0 Å². The van der Waals surface area contributed by atoms with Crippen LogP contribution in [-0.2, 0) is 0 Å². The topological polar surface area (TPSA) is 54.6 Å². The van der Waals surface area contributed by atoms with Gasteiger partial charge in [0.25, 0.3) is 0 Å². The molecule has 0 spiro atoms. The summed E-state index contributed by atoms with van der Waals surface area (Å²) in [5, 5.41) is 9.08. The molecule has 0 aliphatic rings. The van der Waals surface area contributed by atoms with Gasteiger partial charge in [-0.05, 0) is 44.5 Å². The number of aromatic carboxylic acids is 1. The van der Waals surface area contributed by atoms with Crippen LogP contribution >= 0.6 is 0 Å². The van der Waals surface area contributed by atoms with Crippen molar-refractivity contribution in [2.45, 2.75) is 26.8 Å². The summed E-state index contributed by atoms with van der Waals surface area (Å²) in [6.45, 7) is 6.00. The monoisotopic (exact) mass is 270 g/mol. The minimum absolute atomic E-state index is 0.291. The number of benzene rings is 1. The Morgan fingerprint density at radius 1 is 1.35 bits per heavy atom. The van der Waals surface area contributed by atoms with Crippen LogP contribution < -0.4 is 0 Å². The van der Waals surface area contributed by atoms with Gasteiger partial charge in [0.05, 0.1) is 11.3 Å². The molecule has 1 aromatic heterocycles. The van der Waals surface area contributed by atoms with Crippen LogP contribution in [0.5, 0.6) is 0 Å². The number of carboxylic acid groups (broad SMARTS) is 1. The van der Waals surface area contributed by atoms with Crippen LogP contribution in [0.15, 0.2) is 41.7 Å². The molecule has 104 valence electrons. The molecule has 0 unspecified atom stereocenters. The van der Waals surface area contributed by atoms with Gasteiger partial charge in [0, 0.05) is 30.2 Å². The first-order valence-electron chi connectivity index (χ1n) is 6.53. The second kappa shape index (κ2) is 5.74. The van der Waals surface area contributed by atoms with Crippen molar-refractivity contribution in [3.63, 3.8) is 0 Å². The summed E-state index contributed by atoms with van der Waals surface area (Å²) in [7, 11) is 0. The third-order valence-electron chi connectivity index (χ3n) is 3.22. The molecule has 0 bridgehead atoms. The van der Waals surface area contributed by atoms with Crippen molar-refractivity contribution >= 4 is 17.9 Å². The summed E-state index contributed by atoms with van der Waals surface area (Å²) in [4.78, 5) is 15.5. The van der Waals surface area contributed by atoms with Gasteiger partial charge in [-0.1, -0.05) is 6.07 Å². The third-order valence-corrected chi connectivity index (χ3v) is 3.22. The van der Waals surface area contributed by atoms with Crippen LogP contribution in [0, 0.1) is 6.92 Å². The minimum atomic E-state index is -0.925. The summed E-state index contributed by atoms with van der Waals surface area (Å²) in [5.74, 6) is -0.925. The van der Waals surface area contributed by atoms with Gasteiger partial charge in [-0.15, -0.1) is 0 Å². The van der Waals surface area contributed by atoms with Crippen molar-refractivity contribution in [2.75, 3.05) is 0 Å². The van der Waals surface area contributed by atoms with Crippen molar-refractivity contribution in [1.82, 2.24) is 4.57 Å². The average Bonchev–Trinajstić information content (AvgIpc) is 2.86. The van der Waals surface area contributed by atoms with E-state index in [9.17, 15) is 4.79 Å². The molecule has 0 atom stereocenters. The number of aromatic nitrogens is 1. The van der Waals surface area contributed by atoms with Gasteiger partial charge < -0.3 is 9.67 Å². The molecule has 20 heavy (non-hydrogen) atoms. The summed E-state index contributed by atoms with van der Waals surface area (Å²) < 4.78 is 2.10. The van der Waals surface area contributed by atoms with Crippen LogP contribution in [-0.4, -0.2) is 21.9 Å². The van der Waals surface area contributed by atoms with Gasteiger partial charge in [-0.3, -0.25) is 4.99 Å². The second-order valence-electron chi connectivity index (χ2n) is 5.00. The lowest BCUT2D eigenvalue weighted by molar-refractivity contribution is 0.0696. The van der Waals surface area contributed by atoms with Crippen molar-refractivity contribution in [1.29, 1.82) is 0 Å². The molecule has 2 rings (SSSR count). The maximum Gasteiger partial charge on any atom is 0.336 e. The molecule has 0 saturated heterocycles. The van der Waals surface area contributed by atoms with E-state index >= 15 is 0 Å². The fourth-order valence-corrected chi connectivity index (χ4v) is 1.97. The maximum absolute atomic E-state index is 11.1. The summed E-state index contributed by atoms with van der Waals surface area (Å²) in [6.07, 6.45) is 5.78. The molecular weight excluding hydrogens is 252 g/mol. The van der Waals surface area contributed by atoms with Crippen molar-refractivity contribution < 1.29 is 9.90 Å². The van der Waals surface area contributed by atoms with Crippen LogP contribution in [0.25, 0.3) is 0 Å². The molecule has 2 aromatic rings. The predicted molar refractivity (Wildman–Crippen MR) is 80.2 cm³/mol. The Morgan fingerprint density at radius 3 is 2.70 bits per heavy atom. The molecule has 1 aromatic carbocycles. The van der Waals surface area contributed by atoms with Crippen molar-refractivity contribution in [3.8, 4) is 0 Å². The highest BCUT2D eigenvalue weighted by molar-refractivity contribution is 5.91. The van der Waals surface area contributed by atoms with Crippen LogP contribution in [0.3, 0.4) is 0 Å². The summed E-state index contributed by atoms with van der Waals surface area (Å²) >= 11 is 0. The number of aliphatic imine (C=N–C) groups is 1. The smallest absolute Gasteiger partial charge is 0.336 e. The molecular formula is C16H18N2O2. The van der Waals surface area contributed by atoms with Crippen LogP contribution in [0.4, 0.5) is 5.69 Å². The fourth-order valence-electron chi connectivity index (χ4n) is 1.97. The lowest BCUT2D eigenvalue weighted by Gasteiger charge is -2.05. The van der Waals surface area contributed by atoms with E-state index in [0.717, 1.165) is 5.56 Å². The Hall–Kier alpha value is -2.36. The zero-order valence-electron chi connectivity index (χ0n) is 11.9. The largest absolute Gasteiger partial charge is 0.478 e. The predicted octanol–water partition coefficient (Wildman–Crippen LogP) is 3.83. The summed E-state index contributed by atoms with van der Waals surface area (Å²) in [6, 6.07) is 7.51. The van der Waals surface area contributed by atoms with Crippen molar-refractivity contribution in [2.24, 2.45) is 4.99 Å². The molecule has 4 heteroatoms. The van der Waals surface area contributed by atoms with Crippen LogP contribution in [0.1, 0.15) is 41.4 Å². The Kier molecular flexibility index (Phi) is 4.03. The van der Waals surface area contributed by atoms with Gasteiger partial charge in [0.15, 0.2) is 0 Å². The van der Waals surface area contributed by atoms with E-state index in [4.69, 9.17) is 5.11 Å². The highest BCUT2D eigenvalue weighted by Gasteiger charge is 2.09. The molecule has 0 aliphatic heterocycles. The maximum atomic E-state index is 11.1. The number of rotatable bonds is 4. The van der Waals surface area contributed by atoms with Crippen molar-refractivity contribution in [3.05, 3.63) is 53.3 Å². The quantitative estimate of drug-likeness (QED) is 0.858. The molecule has 0 radical (unpaired) electrons. The zero-order valence-corrected chi connectivity index (χ0v) is 11.9. The van der Waals surface area contributed by atoms with Gasteiger partial charge in [0.2, 0.25) is 0 Å². The lowest BCUT2D eigenvalue weighted by Crippen LogP contribution is -1.99. The second-order valence-corrected chi connectivity index (χ2v) is 5.00. The Morgan fingerprint density at radius 2 is 2.10 bits per heavy atom. The molecule has 0 saturated carbocycles. The van der Waals surface area contributed by atoms with E-state index in [1.165, 1.54) is 0 Å². The zero-order chi connectivity index (χ0) is 14.7. The highest BCUT2D eigenvalue weighted by atomic mass is 16.4. The number of carboxylic acids is 1. The van der Waals surface area contributed by atoms with E-state index in [1.807, 2.05) is 24.5 Å². The Balaban J connectivity index is 2.27. The molecule has 1 heterocycles. The first-order valence-corrected chi connectivity index (χ1v) is 6.53. The highest BCUT2D eigenvalue weighted by Crippen LogP contribution is 2.22. The van der Waals surface area contributed by atoms with Gasteiger partial charge in [0.1, 0.15) is 0 Å². The van der Waals surface area contributed by atoms with E-state index in [0.29, 0.717) is 22.9 Å². The van der Waals surface area contributed by atoms with E-state index in [1.54, 1.807) is 25.3 Å². The number of nitrogens with zero attached hydrogens (tertiary/aromatic N) is 2. The normalized spacial score (nSPS) is 11.4. The Bertz CT molecular complexity index is 654. The Labute approximate surface area is 118 Å².